The zero-order chi connectivity index (χ0) is 19.0. The summed E-state index contributed by atoms with van der Waals surface area (Å²) in [4.78, 5) is 35.3. The zero-order valence-corrected chi connectivity index (χ0v) is 16.2. The molecule has 0 radical (unpaired) electrons. The highest BCUT2D eigenvalue weighted by atomic mass is 79.9. The van der Waals surface area contributed by atoms with Gasteiger partial charge in [0, 0.05) is 17.4 Å². The van der Waals surface area contributed by atoms with Gasteiger partial charge in [-0.25, -0.2) is 4.79 Å². The SMILES string of the molecule is CC(C)(C)OC(=O)N[C@@H](CCC(N)=O)C(=O)NCc1cccc(Br)c1. The van der Waals surface area contributed by atoms with Crippen LogP contribution in [0.1, 0.15) is 39.2 Å². The summed E-state index contributed by atoms with van der Waals surface area (Å²) in [6.45, 7) is 5.45. The minimum atomic E-state index is -0.908. The Labute approximate surface area is 155 Å². The fourth-order valence-corrected chi connectivity index (χ4v) is 2.41. The topological polar surface area (TPSA) is 111 Å². The van der Waals surface area contributed by atoms with Crippen molar-refractivity contribution in [2.45, 2.75) is 51.8 Å². The third-order valence-electron chi connectivity index (χ3n) is 3.04. The van der Waals surface area contributed by atoms with Gasteiger partial charge < -0.3 is 21.1 Å². The first-order valence-electron chi connectivity index (χ1n) is 7.87. The van der Waals surface area contributed by atoms with E-state index < -0.39 is 29.6 Å². The molecule has 0 fully saturated rings. The van der Waals surface area contributed by atoms with Gasteiger partial charge in [0.25, 0.3) is 0 Å². The summed E-state index contributed by atoms with van der Waals surface area (Å²) >= 11 is 3.36. The van der Waals surface area contributed by atoms with E-state index in [0.29, 0.717) is 6.54 Å². The molecule has 138 valence electrons. The zero-order valence-electron chi connectivity index (χ0n) is 14.6. The summed E-state index contributed by atoms with van der Waals surface area (Å²) in [7, 11) is 0. The average Bonchev–Trinajstić information content (AvgIpc) is 2.47. The Kier molecular flexibility index (Phi) is 7.89. The number of nitrogens with two attached hydrogens (primary N) is 1. The van der Waals surface area contributed by atoms with Crippen molar-refractivity contribution in [1.82, 2.24) is 10.6 Å². The summed E-state index contributed by atoms with van der Waals surface area (Å²) in [5, 5.41) is 5.22. The van der Waals surface area contributed by atoms with Crippen LogP contribution in [-0.2, 0) is 20.9 Å². The number of benzene rings is 1. The number of amides is 3. The minimum Gasteiger partial charge on any atom is -0.444 e. The molecule has 1 aromatic carbocycles. The molecule has 0 saturated heterocycles. The molecule has 0 bridgehead atoms. The molecular weight excluding hydrogens is 390 g/mol. The highest BCUT2D eigenvalue weighted by Gasteiger charge is 2.24. The Morgan fingerprint density at radius 3 is 2.52 bits per heavy atom. The van der Waals surface area contributed by atoms with Gasteiger partial charge in [-0.1, -0.05) is 28.1 Å². The number of primary amides is 1. The van der Waals surface area contributed by atoms with Gasteiger partial charge >= 0.3 is 6.09 Å². The molecule has 1 atom stereocenters. The van der Waals surface area contributed by atoms with Crippen LogP contribution < -0.4 is 16.4 Å². The van der Waals surface area contributed by atoms with Crippen LogP contribution in [0.2, 0.25) is 0 Å². The lowest BCUT2D eigenvalue weighted by Gasteiger charge is -2.23. The second kappa shape index (κ2) is 9.41. The first-order chi connectivity index (χ1) is 11.6. The molecule has 0 aliphatic rings. The average molecular weight is 414 g/mol. The van der Waals surface area contributed by atoms with Crippen LogP contribution in [0.3, 0.4) is 0 Å². The Bertz CT molecular complexity index is 629. The summed E-state index contributed by atoms with van der Waals surface area (Å²) in [5.74, 6) is -0.956. The van der Waals surface area contributed by atoms with Crippen LogP contribution >= 0.6 is 15.9 Å². The van der Waals surface area contributed by atoms with Crippen molar-refractivity contribution in [3.63, 3.8) is 0 Å². The van der Waals surface area contributed by atoms with E-state index >= 15 is 0 Å². The predicted octanol–water partition coefficient (Wildman–Crippen LogP) is 2.22. The molecule has 0 aliphatic carbocycles. The number of halogens is 1. The number of nitrogens with one attached hydrogen (secondary N) is 2. The van der Waals surface area contributed by atoms with E-state index in [1.807, 2.05) is 24.3 Å². The van der Waals surface area contributed by atoms with Gasteiger partial charge in [-0.05, 0) is 44.9 Å². The molecule has 1 aromatic rings. The predicted molar refractivity (Wildman–Crippen MR) is 97.6 cm³/mol. The van der Waals surface area contributed by atoms with Gasteiger partial charge in [-0.15, -0.1) is 0 Å². The van der Waals surface area contributed by atoms with Crippen molar-refractivity contribution < 1.29 is 19.1 Å². The lowest BCUT2D eigenvalue weighted by molar-refractivity contribution is -0.124. The van der Waals surface area contributed by atoms with Crippen LogP contribution in [0.25, 0.3) is 0 Å². The van der Waals surface area contributed by atoms with Crippen LogP contribution in [0.4, 0.5) is 4.79 Å². The van der Waals surface area contributed by atoms with Crippen LogP contribution in [0.5, 0.6) is 0 Å². The van der Waals surface area contributed by atoms with E-state index in [2.05, 4.69) is 26.6 Å². The van der Waals surface area contributed by atoms with Gasteiger partial charge in [-0.3, -0.25) is 9.59 Å². The number of hydrogen-bond acceptors (Lipinski definition) is 4. The largest absolute Gasteiger partial charge is 0.444 e. The van der Waals surface area contributed by atoms with E-state index in [1.165, 1.54) is 0 Å². The maximum atomic E-state index is 12.4. The van der Waals surface area contributed by atoms with Gasteiger partial charge in [0.1, 0.15) is 11.6 Å². The summed E-state index contributed by atoms with van der Waals surface area (Å²) in [6, 6.07) is 6.57. The van der Waals surface area contributed by atoms with Crippen molar-refractivity contribution >= 4 is 33.8 Å². The smallest absolute Gasteiger partial charge is 0.408 e. The summed E-state index contributed by atoms with van der Waals surface area (Å²) in [5.41, 5.74) is 5.34. The molecule has 8 heteroatoms. The van der Waals surface area contributed by atoms with E-state index in [1.54, 1.807) is 20.8 Å². The quantitative estimate of drug-likeness (QED) is 0.636. The molecule has 0 heterocycles. The first kappa shape index (κ1) is 21.0. The molecule has 4 N–H and O–H groups in total. The highest BCUT2D eigenvalue weighted by molar-refractivity contribution is 9.10. The van der Waals surface area contributed by atoms with Crippen molar-refractivity contribution in [3.05, 3.63) is 34.3 Å². The lowest BCUT2D eigenvalue weighted by Crippen LogP contribution is -2.48. The Hall–Kier alpha value is -2.09. The Morgan fingerprint density at radius 2 is 1.96 bits per heavy atom. The normalized spacial score (nSPS) is 12.2. The molecule has 25 heavy (non-hydrogen) atoms. The molecule has 0 saturated carbocycles. The van der Waals surface area contributed by atoms with Gasteiger partial charge in [0.2, 0.25) is 11.8 Å². The van der Waals surface area contributed by atoms with Crippen molar-refractivity contribution in [3.8, 4) is 0 Å². The fraction of sp³-hybridized carbons (Fsp3) is 0.471. The maximum Gasteiger partial charge on any atom is 0.408 e. The number of ether oxygens (including phenoxy) is 1. The minimum absolute atomic E-state index is 0.0230. The highest BCUT2D eigenvalue weighted by Crippen LogP contribution is 2.12. The van der Waals surface area contributed by atoms with Crippen LogP contribution in [0.15, 0.2) is 28.7 Å². The standard InChI is InChI=1S/C17H24BrN3O4/c1-17(2,3)25-16(24)21-13(7-8-14(19)22)15(23)20-10-11-5-4-6-12(18)9-11/h4-6,9,13H,7-8,10H2,1-3H3,(H2,19,22)(H,20,23)(H,21,24)/t13-/m0/s1. The lowest BCUT2D eigenvalue weighted by atomic mass is 10.1. The number of rotatable bonds is 7. The van der Waals surface area contributed by atoms with E-state index in [4.69, 9.17) is 10.5 Å². The fourth-order valence-electron chi connectivity index (χ4n) is 1.96. The number of carbonyl (C=O) groups excluding carboxylic acids is 3. The number of carbonyl (C=O) groups is 3. The third-order valence-corrected chi connectivity index (χ3v) is 3.54. The van der Waals surface area contributed by atoms with E-state index in [-0.39, 0.29) is 12.8 Å². The van der Waals surface area contributed by atoms with Gasteiger partial charge in [0.15, 0.2) is 0 Å². The molecule has 7 nitrogen and oxygen atoms in total. The molecule has 1 rings (SSSR count). The molecule has 0 unspecified atom stereocenters. The number of hydrogen-bond donors (Lipinski definition) is 3. The molecular formula is C17H24BrN3O4. The second-order valence-corrected chi connectivity index (χ2v) is 7.47. The second-order valence-electron chi connectivity index (χ2n) is 6.55. The van der Waals surface area contributed by atoms with Crippen molar-refractivity contribution in [2.24, 2.45) is 5.73 Å². The van der Waals surface area contributed by atoms with Crippen LogP contribution in [0, 0.1) is 0 Å². The van der Waals surface area contributed by atoms with Gasteiger partial charge in [0.05, 0.1) is 0 Å². The number of alkyl carbamates (subject to hydrolysis) is 1. The van der Waals surface area contributed by atoms with Crippen LogP contribution in [-0.4, -0.2) is 29.6 Å². The van der Waals surface area contributed by atoms with E-state index in [0.717, 1.165) is 10.0 Å². The molecule has 0 aliphatic heterocycles. The molecule has 0 aromatic heterocycles. The molecule has 0 spiro atoms. The van der Waals surface area contributed by atoms with Gasteiger partial charge in [-0.2, -0.15) is 0 Å². The Morgan fingerprint density at radius 1 is 1.28 bits per heavy atom. The maximum absolute atomic E-state index is 12.4. The van der Waals surface area contributed by atoms with E-state index in [9.17, 15) is 14.4 Å². The van der Waals surface area contributed by atoms with Crippen molar-refractivity contribution in [1.29, 1.82) is 0 Å². The van der Waals surface area contributed by atoms with Crippen molar-refractivity contribution in [2.75, 3.05) is 0 Å². The first-order valence-corrected chi connectivity index (χ1v) is 8.66. The third kappa shape index (κ3) is 9.09. The summed E-state index contributed by atoms with van der Waals surface area (Å²) < 4.78 is 6.05. The molecule has 3 amide bonds. The summed E-state index contributed by atoms with van der Waals surface area (Å²) in [6.07, 6.45) is -0.650. The Balaban J connectivity index is 2.68. The monoisotopic (exact) mass is 413 g/mol.